The smallest absolute Gasteiger partial charge is 0.326 e. The highest BCUT2D eigenvalue weighted by molar-refractivity contribution is 7.98. The molecule has 0 saturated carbocycles. The van der Waals surface area contributed by atoms with Crippen LogP contribution in [0.4, 0.5) is 5.69 Å². The van der Waals surface area contributed by atoms with Crippen LogP contribution < -0.4 is 10.2 Å². The number of nitrogens with zero attached hydrogens (tertiary/aromatic N) is 1. The summed E-state index contributed by atoms with van der Waals surface area (Å²) in [6.45, 7) is 0.464. The van der Waals surface area contributed by atoms with E-state index in [2.05, 4.69) is 5.32 Å². The largest absolute Gasteiger partial charge is 0.508 e. The molecule has 6 nitrogen and oxygen atoms in total. The van der Waals surface area contributed by atoms with E-state index >= 15 is 0 Å². The van der Waals surface area contributed by atoms with Gasteiger partial charge < -0.3 is 20.4 Å². The van der Waals surface area contributed by atoms with E-state index in [1.54, 1.807) is 36.0 Å². The molecule has 1 atom stereocenters. The molecule has 0 bridgehead atoms. The number of thioether (sulfide) groups is 1. The van der Waals surface area contributed by atoms with Crippen LogP contribution in [0.15, 0.2) is 24.3 Å². The van der Waals surface area contributed by atoms with Crippen LogP contribution in [0.3, 0.4) is 0 Å². The fraction of sp³-hybridized carbons (Fsp3) is 0.467. The summed E-state index contributed by atoms with van der Waals surface area (Å²) in [7, 11) is 1.84. The summed E-state index contributed by atoms with van der Waals surface area (Å²) in [5.74, 6) is -0.411. The zero-order valence-corrected chi connectivity index (χ0v) is 13.6. The number of benzene rings is 1. The lowest BCUT2D eigenvalue weighted by molar-refractivity contribution is -0.141. The van der Waals surface area contributed by atoms with E-state index < -0.39 is 12.0 Å². The van der Waals surface area contributed by atoms with E-state index in [-0.39, 0.29) is 18.1 Å². The molecule has 0 aromatic heterocycles. The van der Waals surface area contributed by atoms with E-state index in [0.717, 1.165) is 5.69 Å². The number of hydrogen-bond acceptors (Lipinski definition) is 5. The molecule has 1 aromatic rings. The predicted octanol–water partition coefficient (Wildman–Crippen LogP) is 1.54. The molecule has 0 aliphatic rings. The minimum Gasteiger partial charge on any atom is -0.508 e. The number of rotatable bonds is 9. The van der Waals surface area contributed by atoms with Crippen LogP contribution in [0, 0.1) is 0 Å². The molecule has 0 spiro atoms. The Morgan fingerprint density at radius 2 is 1.95 bits per heavy atom. The first kappa shape index (κ1) is 18.2. The van der Waals surface area contributed by atoms with Crippen LogP contribution >= 0.6 is 11.8 Å². The fourth-order valence-corrected chi connectivity index (χ4v) is 2.34. The van der Waals surface area contributed by atoms with Crippen LogP contribution in [0.1, 0.15) is 12.8 Å². The summed E-state index contributed by atoms with van der Waals surface area (Å²) in [6, 6.07) is 5.83. The minimum absolute atomic E-state index is 0.188. The standard InChI is InChI=1S/C15H22N2O4S/c1-17(11-3-5-12(18)6-4-11)9-7-14(19)16-13(15(20)21)8-10-22-2/h3-6,13,18H,7-10H2,1-2H3,(H,16,19)(H,20,21). The van der Waals surface area contributed by atoms with Crippen molar-refractivity contribution >= 4 is 29.3 Å². The zero-order chi connectivity index (χ0) is 16.5. The Morgan fingerprint density at radius 3 is 2.50 bits per heavy atom. The Labute approximate surface area is 134 Å². The topological polar surface area (TPSA) is 89.9 Å². The van der Waals surface area contributed by atoms with Crippen molar-refractivity contribution < 1.29 is 19.8 Å². The molecule has 0 heterocycles. The third-order valence-corrected chi connectivity index (χ3v) is 3.85. The summed E-state index contributed by atoms with van der Waals surface area (Å²) >= 11 is 1.55. The molecule has 1 amide bonds. The second-order valence-corrected chi connectivity index (χ2v) is 5.91. The van der Waals surface area contributed by atoms with Gasteiger partial charge in [0, 0.05) is 25.7 Å². The van der Waals surface area contributed by atoms with Gasteiger partial charge in [0.05, 0.1) is 0 Å². The number of aromatic hydroxyl groups is 1. The maximum absolute atomic E-state index is 11.9. The number of phenols is 1. The average molecular weight is 326 g/mol. The third kappa shape index (κ3) is 6.26. The van der Waals surface area contributed by atoms with Gasteiger partial charge in [-0.05, 0) is 42.7 Å². The molecule has 1 aromatic carbocycles. The summed E-state index contributed by atoms with van der Waals surface area (Å²) < 4.78 is 0. The highest BCUT2D eigenvalue weighted by Gasteiger charge is 2.19. The zero-order valence-electron chi connectivity index (χ0n) is 12.8. The summed E-state index contributed by atoms with van der Waals surface area (Å²) in [4.78, 5) is 24.8. The Balaban J connectivity index is 2.43. The van der Waals surface area contributed by atoms with E-state index in [9.17, 15) is 14.7 Å². The lowest BCUT2D eigenvalue weighted by atomic mass is 10.2. The quantitative estimate of drug-likeness (QED) is 0.638. The van der Waals surface area contributed by atoms with Gasteiger partial charge in [-0.2, -0.15) is 11.8 Å². The van der Waals surface area contributed by atoms with Gasteiger partial charge in [0.15, 0.2) is 0 Å². The highest BCUT2D eigenvalue weighted by atomic mass is 32.2. The molecule has 122 valence electrons. The highest BCUT2D eigenvalue weighted by Crippen LogP contribution is 2.17. The number of carboxylic acids is 1. The van der Waals surface area contributed by atoms with Gasteiger partial charge in [-0.3, -0.25) is 4.79 Å². The van der Waals surface area contributed by atoms with Crippen molar-refractivity contribution in [2.75, 3.05) is 30.5 Å². The van der Waals surface area contributed by atoms with E-state index in [4.69, 9.17) is 5.11 Å². The van der Waals surface area contributed by atoms with Crippen LogP contribution in [0.25, 0.3) is 0 Å². The Kier molecular flexibility index (Phi) is 7.59. The second kappa shape index (κ2) is 9.19. The summed E-state index contributed by atoms with van der Waals surface area (Å²) in [5, 5.41) is 20.9. The molecular weight excluding hydrogens is 304 g/mol. The molecular formula is C15H22N2O4S. The van der Waals surface area contributed by atoms with E-state index in [1.807, 2.05) is 18.2 Å². The summed E-state index contributed by atoms with van der Waals surface area (Å²) in [5.41, 5.74) is 0.878. The molecule has 1 unspecified atom stereocenters. The average Bonchev–Trinajstić information content (AvgIpc) is 2.49. The van der Waals surface area contributed by atoms with Gasteiger partial charge in [0.2, 0.25) is 5.91 Å². The van der Waals surface area contributed by atoms with Crippen molar-refractivity contribution in [1.29, 1.82) is 0 Å². The van der Waals surface area contributed by atoms with Crippen molar-refractivity contribution in [3.05, 3.63) is 24.3 Å². The number of carbonyl (C=O) groups is 2. The lowest BCUT2D eigenvalue weighted by Crippen LogP contribution is -2.42. The first-order chi connectivity index (χ1) is 10.4. The van der Waals surface area contributed by atoms with Gasteiger partial charge in [-0.1, -0.05) is 0 Å². The predicted molar refractivity (Wildman–Crippen MR) is 88.6 cm³/mol. The molecule has 3 N–H and O–H groups in total. The molecule has 0 saturated heterocycles. The number of amides is 1. The molecule has 1 rings (SSSR count). The number of aliphatic carboxylic acids is 1. The molecule has 0 radical (unpaired) electrons. The first-order valence-corrected chi connectivity index (χ1v) is 8.34. The molecule has 7 heteroatoms. The van der Waals surface area contributed by atoms with Crippen molar-refractivity contribution in [1.82, 2.24) is 5.32 Å². The Hall–Kier alpha value is -1.89. The van der Waals surface area contributed by atoms with Crippen molar-refractivity contribution in [2.24, 2.45) is 0 Å². The monoisotopic (exact) mass is 326 g/mol. The van der Waals surface area contributed by atoms with E-state index in [1.165, 1.54) is 0 Å². The van der Waals surface area contributed by atoms with Crippen LogP contribution in [0.5, 0.6) is 5.75 Å². The molecule has 0 fully saturated rings. The first-order valence-electron chi connectivity index (χ1n) is 6.95. The third-order valence-electron chi connectivity index (χ3n) is 3.21. The van der Waals surface area contributed by atoms with Gasteiger partial charge in [0.25, 0.3) is 0 Å². The molecule has 0 aliphatic heterocycles. The number of carboxylic acid groups (broad SMARTS) is 1. The number of anilines is 1. The van der Waals surface area contributed by atoms with Crippen LogP contribution in [-0.4, -0.2) is 53.7 Å². The van der Waals surface area contributed by atoms with Gasteiger partial charge in [0.1, 0.15) is 11.8 Å². The number of phenolic OH excluding ortho intramolecular Hbond substituents is 1. The number of carbonyl (C=O) groups excluding carboxylic acids is 1. The number of hydrogen-bond donors (Lipinski definition) is 3. The van der Waals surface area contributed by atoms with Crippen molar-refractivity contribution in [3.63, 3.8) is 0 Å². The lowest BCUT2D eigenvalue weighted by Gasteiger charge is -2.20. The van der Waals surface area contributed by atoms with Gasteiger partial charge in [-0.15, -0.1) is 0 Å². The summed E-state index contributed by atoms with van der Waals surface area (Å²) in [6.07, 6.45) is 2.52. The molecule has 0 aliphatic carbocycles. The van der Waals surface area contributed by atoms with Crippen molar-refractivity contribution in [2.45, 2.75) is 18.9 Å². The van der Waals surface area contributed by atoms with Gasteiger partial charge in [-0.25, -0.2) is 4.79 Å². The maximum atomic E-state index is 11.9. The minimum atomic E-state index is -1.01. The number of nitrogens with one attached hydrogen (secondary N) is 1. The Morgan fingerprint density at radius 1 is 1.32 bits per heavy atom. The second-order valence-electron chi connectivity index (χ2n) is 4.93. The molecule has 22 heavy (non-hydrogen) atoms. The van der Waals surface area contributed by atoms with Crippen molar-refractivity contribution in [3.8, 4) is 5.75 Å². The normalized spacial score (nSPS) is 11.7. The van der Waals surface area contributed by atoms with Crippen LogP contribution in [0.2, 0.25) is 0 Å². The van der Waals surface area contributed by atoms with Gasteiger partial charge >= 0.3 is 5.97 Å². The maximum Gasteiger partial charge on any atom is 0.326 e. The van der Waals surface area contributed by atoms with Crippen LogP contribution in [-0.2, 0) is 9.59 Å². The fourth-order valence-electron chi connectivity index (χ4n) is 1.87. The van der Waals surface area contributed by atoms with E-state index in [0.29, 0.717) is 18.7 Å². The Bertz CT molecular complexity index is 493. The SMILES string of the molecule is CSCCC(NC(=O)CCN(C)c1ccc(O)cc1)C(=O)O.